The van der Waals surface area contributed by atoms with E-state index in [0.717, 1.165) is 13.1 Å². The van der Waals surface area contributed by atoms with Crippen LogP contribution in [0.3, 0.4) is 0 Å². The molecule has 19 heteroatoms. The van der Waals surface area contributed by atoms with Gasteiger partial charge in [-0.15, -0.1) is 11.3 Å². The van der Waals surface area contributed by atoms with Crippen molar-refractivity contribution >= 4 is 29.2 Å². The number of nitrogens with zero attached hydrogens (tertiary/aromatic N) is 3. The lowest BCUT2D eigenvalue weighted by molar-refractivity contribution is -0.193. The summed E-state index contributed by atoms with van der Waals surface area (Å²) in [7, 11) is 0. The summed E-state index contributed by atoms with van der Waals surface area (Å²) in [6.45, 7) is 7.32. The molecular formula is C26H30F9N3O6S. The number of aromatic nitrogens is 1. The number of alkyl halides is 9. The number of pyridine rings is 1. The molecule has 0 bridgehead atoms. The summed E-state index contributed by atoms with van der Waals surface area (Å²) in [5, 5.41) is 23.6. The molecule has 2 fully saturated rings. The van der Waals surface area contributed by atoms with Crippen molar-refractivity contribution in [1.82, 2.24) is 14.8 Å². The fourth-order valence-corrected chi connectivity index (χ4v) is 4.99. The zero-order chi connectivity index (χ0) is 34.5. The van der Waals surface area contributed by atoms with E-state index in [9.17, 15) is 39.5 Å². The number of piperidine rings is 2. The van der Waals surface area contributed by atoms with E-state index < -0.39 is 36.4 Å². The van der Waals surface area contributed by atoms with E-state index in [0.29, 0.717) is 5.41 Å². The lowest BCUT2D eigenvalue weighted by Crippen LogP contribution is -2.46. The molecule has 0 radical (unpaired) electrons. The Bertz CT molecular complexity index is 1120. The number of hydrogen-bond acceptors (Lipinski definition) is 7. The number of likely N-dealkylation sites (tertiary alicyclic amines) is 2. The molecule has 45 heavy (non-hydrogen) atoms. The highest BCUT2D eigenvalue weighted by atomic mass is 32.1. The summed E-state index contributed by atoms with van der Waals surface area (Å²) in [4.78, 5) is 37.6. The second kappa shape index (κ2) is 17.3. The van der Waals surface area contributed by atoms with Crippen molar-refractivity contribution in [2.45, 2.75) is 57.3 Å². The van der Waals surface area contributed by atoms with Crippen LogP contribution in [0.2, 0.25) is 0 Å². The first-order chi connectivity index (χ1) is 20.6. The zero-order valence-electron chi connectivity index (χ0n) is 23.3. The average Bonchev–Trinajstić information content (AvgIpc) is 3.45. The molecule has 4 rings (SSSR count). The van der Waals surface area contributed by atoms with E-state index in [1.165, 1.54) is 62.3 Å². The molecule has 0 aromatic carbocycles. The van der Waals surface area contributed by atoms with Crippen LogP contribution in [0.15, 0.2) is 42.0 Å². The summed E-state index contributed by atoms with van der Waals surface area (Å²) in [5.74, 6) is -8.27. The minimum Gasteiger partial charge on any atom is -0.475 e. The number of halogens is 9. The number of carbonyl (C=O) groups is 3. The highest BCUT2D eigenvalue weighted by Crippen LogP contribution is 2.41. The molecule has 2 aliphatic heterocycles. The van der Waals surface area contributed by atoms with Crippen LogP contribution in [0.5, 0.6) is 0 Å². The highest BCUT2D eigenvalue weighted by molar-refractivity contribution is 7.09. The van der Waals surface area contributed by atoms with Crippen LogP contribution in [0, 0.1) is 5.41 Å². The van der Waals surface area contributed by atoms with E-state index in [2.05, 4.69) is 44.4 Å². The summed E-state index contributed by atoms with van der Waals surface area (Å²) < 4.78 is 95.2. The van der Waals surface area contributed by atoms with Crippen molar-refractivity contribution in [3.05, 3.63) is 52.5 Å². The van der Waals surface area contributed by atoms with Crippen LogP contribution in [0.1, 0.15) is 36.1 Å². The van der Waals surface area contributed by atoms with Gasteiger partial charge in [-0.05, 0) is 86.4 Å². The third-order valence-electron chi connectivity index (χ3n) is 6.68. The van der Waals surface area contributed by atoms with Gasteiger partial charge in [-0.2, -0.15) is 39.5 Å². The van der Waals surface area contributed by atoms with Crippen LogP contribution in [-0.4, -0.2) is 92.7 Å². The predicted molar refractivity (Wildman–Crippen MR) is 141 cm³/mol. The van der Waals surface area contributed by atoms with Crippen LogP contribution >= 0.6 is 11.3 Å². The molecule has 4 heterocycles. The fraction of sp³-hybridized carbons (Fsp3) is 0.538. The van der Waals surface area contributed by atoms with Crippen LogP contribution in [0.25, 0.3) is 0 Å². The molecule has 0 aliphatic carbocycles. The molecule has 9 nitrogen and oxygen atoms in total. The first-order valence-electron chi connectivity index (χ1n) is 12.9. The van der Waals surface area contributed by atoms with Crippen molar-refractivity contribution in [2.24, 2.45) is 5.41 Å². The Hall–Kier alpha value is -3.45. The van der Waals surface area contributed by atoms with Crippen molar-refractivity contribution in [3.8, 4) is 0 Å². The summed E-state index contributed by atoms with van der Waals surface area (Å²) in [6.07, 6.45) is -5.90. The zero-order valence-corrected chi connectivity index (χ0v) is 24.1. The molecule has 1 spiro atoms. The van der Waals surface area contributed by atoms with Crippen molar-refractivity contribution in [2.75, 3.05) is 26.2 Å². The van der Waals surface area contributed by atoms with E-state index in [1.54, 1.807) is 0 Å². The quantitative estimate of drug-likeness (QED) is 0.336. The molecule has 2 saturated heterocycles. The fourth-order valence-electron chi connectivity index (χ4n) is 4.24. The van der Waals surface area contributed by atoms with Crippen molar-refractivity contribution < 1.29 is 69.2 Å². The van der Waals surface area contributed by atoms with Gasteiger partial charge in [0.15, 0.2) is 0 Å². The van der Waals surface area contributed by atoms with Gasteiger partial charge >= 0.3 is 36.4 Å². The number of carboxylic acids is 3. The van der Waals surface area contributed by atoms with Gasteiger partial charge in [-0.3, -0.25) is 14.8 Å². The molecule has 0 atom stereocenters. The minimum absolute atomic E-state index is 0.626. The maximum absolute atomic E-state index is 10.6. The van der Waals surface area contributed by atoms with E-state index in [-0.39, 0.29) is 0 Å². The third kappa shape index (κ3) is 15.9. The normalized spacial score (nSPS) is 17.0. The molecule has 0 unspecified atom stereocenters. The van der Waals surface area contributed by atoms with Gasteiger partial charge in [0, 0.05) is 30.4 Å². The average molecular weight is 684 g/mol. The lowest BCUT2D eigenvalue weighted by atomic mass is 9.71. The molecule has 3 N–H and O–H groups in total. The van der Waals surface area contributed by atoms with Gasteiger partial charge in [0.1, 0.15) is 0 Å². The van der Waals surface area contributed by atoms with Crippen molar-refractivity contribution in [3.63, 3.8) is 0 Å². The third-order valence-corrected chi connectivity index (χ3v) is 7.54. The van der Waals surface area contributed by atoms with Gasteiger partial charge in [0.05, 0.1) is 0 Å². The van der Waals surface area contributed by atoms with Crippen LogP contribution < -0.4 is 0 Å². The lowest BCUT2D eigenvalue weighted by Gasteiger charge is -2.47. The number of thiophene rings is 1. The smallest absolute Gasteiger partial charge is 0.475 e. The topological polar surface area (TPSA) is 131 Å². The monoisotopic (exact) mass is 683 g/mol. The summed E-state index contributed by atoms with van der Waals surface area (Å²) >= 11 is 1.89. The van der Waals surface area contributed by atoms with Crippen LogP contribution in [-0.2, 0) is 27.5 Å². The summed E-state index contributed by atoms with van der Waals surface area (Å²) in [6, 6.07) is 8.73. The standard InChI is InChI=1S/C20H27N3S.3C2HF3O2/c1-2-19(24-15-1)17-23-13-7-20(8-14-23)5-11-22(12-6-20)16-18-3-9-21-10-4-18;3*3-2(4,5)1(6)7/h1-4,9-10,15H,5-8,11-14,16-17H2;3*(H,6,7). The first kappa shape index (κ1) is 39.6. The molecule has 2 aromatic heterocycles. The van der Waals surface area contributed by atoms with Gasteiger partial charge in [0.2, 0.25) is 0 Å². The van der Waals surface area contributed by atoms with Gasteiger partial charge in [-0.1, -0.05) is 6.07 Å². The molecule has 2 aromatic rings. The number of aliphatic carboxylic acids is 3. The SMILES string of the molecule is O=C(O)C(F)(F)F.O=C(O)C(F)(F)F.O=C(O)C(F)(F)F.c1csc(CN2CCC3(CCN(Cc4ccncc4)CC3)CC2)c1. The van der Waals surface area contributed by atoms with E-state index in [1.807, 2.05) is 23.7 Å². The second-order valence-electron chi connectivity index (χ2n) is 9.90. The summed E-state index contributed by atoms with van der Waals surface area (Å²) in [5.41, 5.74) is 2.02. The number of hydrogen-bond donors (Lipinski definition) is 3. The molecule has 254 valence electrons. The predicted octanol–water partition coefficient (Wildman–Crippen LogP) is 5.92. The first-order valence-corrected chi connectivity index (χ1v) is 13.8. The molecule has 0 amide bonds. The second-order valence-corrected chi connectivity index (χ2v) is 10.9. The highest BCUT2D eigenvalue weighted by Gasteiger charge is 2.40. The molecule has 0 saturated carbocycles. The molecular weight excluding hydrogens is 653 g/mol. The number of carboxylic acid groups (broad SMARTS) is 3. The largest absolute Gasteiger partial charge is 0.490 e. The van der Waals surface area contributed by atoms with Gasteiger partial charge in [-0.25, -0.2) is 14.4 Å². The van der Waals surface area contributed by atoms with E-state index in [4.69, 9.17) is 29.7 Å². The minimum atomic E-state index is -5.08. The Kier molecular flexibility index (Phi) is 15.2. The maximum Gasteiger partial charge on any atom is 0.490 e. The Morgan fingerprint density at radius 3 is 1.36 bits per heavy atom. The Morgan fingerprint density at radius 1 is 0.689 bits per heavy atom. The Labute approximate surface area is 254 Å². The van der Waals surface area contributed by atoms with E-state index >= 15 is 0 Å². The van der Waals surface area contributed by atoms with Crippen molar-refractivity contribution in [1.29, 1.82) is 0 Å². The van der Waals surface area contributed by atoms with Gasteiger partial charge < -0.3 is 15.3 Å². The maximum atomic E-state index is 10.6. The Balaban J connectivity index is 0.000000396. The Morgan fingerprint density at radius 2 is 1.04 bits per heavy atom. The number of rotatable bonds is 4. The van der Waals surface area contributed by atoms with Crippen LogP contribution in [0.4, 0.5) is 39.5 Å². The molecule has 2 aliphatic rings. The van der Waals surface area contributed by atoms with Gasteiger partial charge in [0.25, 0.3) is 0 Å².